The van der Waals surface area contributed by atoms with Gasteiger partial charge in [-0.2, -0.15) is 0 Å². The maximum Gasteiger partial charge on any atom is 0.185 e. The zero-order valence-electron chi connectivity index (χ0n) is 18.7. The standard InChI is InChI=1S/C25H36O3Si/c1-7-24(28-29(4,5)6)13-11-21-20-9-8-18-15-19(27)14-17(2)25(18,16-26)22(20)10-12-23(21,24)3/h1,15-17,20-22H,8-14H2,2-6H3/t17?,20-,21-,22+,23-,24?,25-/m0/s1. The van der Waals surface area contributed by atoms with E-state index in [4.69, 9.17) is 10.8 Å². The Hall–Kier alpha value is -1.18. The van der Waals surface area contributed by atoms with E-state index in [1.807, 2.05) is 6.08 Å². The number of aldehydes is 1. The minimum atomic E-state index is -1.80. The van der Waals surface area contributed by atoms with Crippen molar-refractivity contribution in [3.63, 3.8) is 0 Å². The number of hydrogen-bond donors (Lipinski definition) is 0. The molecule has 4 heteroatoms. The molecule has 29 heavy (non-hydrogen) atoms. The van der Waals surface area contributed by atoms with Crippen LogP contribution in [0.15, 0.2) is 11.6 Å². The Morgan fingerprint density at radius 1 is 1.21 bits per heavy atom. The maximum atomic E-state index is 12.6. The van der Waals surface area contributed by atoms with Crippen molar-refractivity contribution in [2.24, 2.45) is 34.5 Å². The van der Waals surface area contributed by atoms with Crippen LogP contribution in [0.2, 0.25) is 19.6 Å². The molecule has 3 nitrogen and oxygen atoms in total. The second kappa shape index (κ2) is 6.66. The molecule has 0 amide bonds. The van der Waals surface area contributed by atoms with Crippen molar-refractivity contribution >= 4 is 20.4 Å². The third-order valence-electron chi connectivity index (χ3n) is 9.04. The molecule has 0 aliphatic heterocycles. The fourth-order valence-corrected chi connectivity index (χ4v) is 9.34. The molecule has 3 saturated carbocycles. The highest BCUT2D eigenvalue weighted by molar-refractivity contribution is 6.69. The Morgan fingerprint density at radius 2 is 1.90 bits per heavy atom. The summed E-state index contributed by atoms with van der Waals surface area (Å²) in [5.74, 6) is 4.77. The van der Waals surface area contributed by atoms with Gasteiger partial charge in [0.1, 0.15) is 11.9 Å². The van der Waals surface area contributed by atoms with Crippen molar-refractivity contribution in [3.8, 4) is 12.3 Å². The summed E-state index contributed by atoms with van der Waals surface area (Å²) in [6, 6.07) is 0. The first-order valence-corrected chi connectivity index (χ1v) is 14.8. The van der Waals surface area contributed by atoms with Gasteiger partial charge in [-0.3, -0.25) is 4.79 Å². The summed E-state index contributed by atoms with van der Waals surface area (Å²) in [5, 5.41) is 0. The molecule has 7 atom stereocenters. The molecule has 0 spiro atoms. The summed E-state index contributed by atoms with van der Waals surface area (Å²) < 4.78 is 6.76. The third kappa shape index (κ3) is 2.80. The first-order chi connectivity index (χ1) is 13.5. The molecular formula is C25H36O3Si. The fraction of sp³-hybridized carbons (Fsp3) is 0.760. The van der Waals surface area contributed by atoms with Crippen LogP contribution < -0.4 is 0 Å². The van der Waals surface area contributed by atoms with Crippen LogP contribution in [0, 0.1) is 46.8 Å². The number of ketones is 1. The van der Waals surface area contributed by atoms with E-state index < -0.39 is 19.3 Å². The lowest BCUT2D eigenvalue weighted by Gasteiger charge is -2.60. The highest BCUT2D eigenvalue weighted by Gasteiger charge is 2.66. The van der Waals surface area contributed by atoms with Gasteiger partial charge in [0.25, 0.3) is 0 Å². The van der Waals surface area contributed by atoms with Gasteiger partial charge in [-0.05, 0) is 87.9 Å². The highest BCUT2D eigenvalue weighted by Crippen LogP contribution is 2.68. The van der Waals surface area contributed by atoms with Gasteiger partial charge in [0.05, 0.1) is 5.41 Å². The number of rotatable bonds is 3. The molecule has 3 fully saturated rings. The van der Waals surface area contributed by atoms with Gasteiger partial charge in [0.2, 0.25) is 0 Å². The average molecular weight is 413 g/mol. The summed E-state index contributed by atoms with van der Waals surface area (Å²) >= 11 is 0. The normalized spacial score (nSPS) is 46.8. The molecule has 2 unspecified atom stereocenters. The minimum absolute atomic E-state index is 0.0256. The van der Waals surface area contributed by atoms with Crippen molar-refractivity contribution in [2.75, 3.05) is 0 Å². The number of carbonyl (C=O) groups excluding carboxylic acids is 2. The van der Waals surface area contributed by atoms with Crippen LogP contribution in [0.5, 0.6) is 0 Å². The van der Waals surface area contributed by atoms with Crippen LogP contribution in [0.25, 0.3) is 0 Å². The van der Waals surface area contributed by atoms with E-state index >= 15 is 0 Å². The summed E-state index contributed by atoms with van der Waals surface area (Å²) in [5.41, 5.74) is 0.174. The molecule has 4 aliphatic rings. The van der Waals surface area contributed by atoms with Crippen LogP contribution in [-0.2, 0) is 14.0 Å². The van der Waals surface area contributed by atoms with Crippen molar-refractivity contribution < 1.29 is 14.0 Å². The predicted molar refractivity (Wildman–Crippen MR) is 118 cm³/mol. The van der Waals surface area contributed by atoms with Crippen molar-refractivity contribution in [1.29, 1.82) is 0 Å². The molecule has 0 aromatic rings. The molecule has 4 aliphatic carbocycles. The van der Waals surface area contributed by atoms with Crippen LogP contribution in [0.1, 0.15) is 58.8 Å². The largest absolute Gasteiger partial charge is 0.401 e. The summed E-state index contributed by atoms with van der Waals surface area (Å²) in [7, 11) is -1.80. The Labute approximate surface area is 177 Å². The third-order valence-corrected chi connectivity index (χ3v) is 10.0. The van der Waals surface area contributed by atoms with E-state index in [1.165, 1.54) is 6.29 Å². The lowest BCUT2D eigenvalue weighted by Crippen LogP contribution is -2.59. The van der Waals surface area contributed by atoms with Crippen molar-refractivity contribution in [3.05, 3.63) is 11.6 Å². The van der Waals surface area contributed by atoms with E-state index in [0.29, 0.717) is 24.2 Å². The number of terminal acetylenes is 1. The molecule has 0 radical (unpaired) electrons. The predicted octanol–water partition coefficient (Wildman–Crippen LogP) is 5.17. The first-order valence-electron chi connectivity index (χ1n) is 11.4. The molecule has 0 aromatic carbocycles. The highest BCUT2D eigenvalue weighted by atomic mass is 28.4. The molecule has 0 N–H and O–H groups in total. The number of fused-ring (bicyclic) bond motifs is 5. The van der Waals surface area contributed by atoms with E-state index in [-0.39, 0.29) is 17.1 Å². The van der Waals surface area contributed by atoms with E-state index in [2.05, 4.69) is 39.4 Å². The van der Waals surface area contributed by atoms with E-state index in [0.717, 1.165) is 44.1 Å². The zero-order valence-corrected chi connectivity index (χ0v) is 19.7. The van der Waals surface area contributed by atoms with E-state index in [9.17, 15) is 9.59 Å². The SMILES string of the molecule is C#CC1(O[Si](C)(C)C)CC[C@H]2[C@@H]3CCC4=CC(=O)CC(C)[C@]4(C=O)[C@@H]3CC[C@@]21C. The topological polar surface area (TPSA) is 43.4 Å². The van der Waals surface area contributed by atoms with Gasteiger partial charge in [-0.25, -0.2) is 0 Å². The molecule has 158 valence electrons. The minimum Gasteiger partial charge on any atom is -0.401 e. The average Bonchev–Trinajstić information content (AvgIpc) is 2.92. The Kier molecular flexibility index (Phi) is 4.84. The summed E-state index contributed by atoms with van der Waals surface area (Å²) in [6.45, 7) is 11.2. The maximum absolute atomic E-state index is 12.6. The Bertz CT molecular complexity index is 802. The lowest BCUT2D eigenvalue weighted by atomic mass is 9.44. The monoisotopic (exact) mass is 412 g/mol. The van der Waals surface area contributed by atoms with Gasteiger partial charge in [-0.1, -0.05) is 25.3 Å². The van der Waals surface area contributed by atoms with Gasteiger partial charge in [-0.15, -0.1) is 6.42 Å². The first kappa shape index (κ1) is 21.1. The molecule has 0 saturated heterocycles. The summed E-state index contributed by atoms with van der Waals surface area (Å²) in [6.07, 6.45) is 15.7. The number of carbonyl (C=O) groups is 2. The van der Waals surface area contributed by atoms with Crippen LogP contribution in [0.3, 0.4) is 0 Å². The Morgan fingerprint density at radius 3 is 2.52 bits per heavy atom. The quantitative estimate of drug-likeness (QED) is 0.365. The summed E-state index contributed by atoms with van der Waals surface area (Å²) in [4.78, 5) is 24.8. The zero-order chi connectivity index (χ0) is 21.2. The fourth-order valence-electron chi connectivity index (χ4n) is 7.90. The Balaban J connectivity index is 1.73. The molecule has 0 heterocycles. The smallest absolute Gasteiger partial charge is 0.185 e. The molecule has 0 bridgehead atoms. The number of hydrogen-bond acceptors (Lipinski definition) is 3. The molecule has 4 rings (SSSR count). The molecule has 0 aromatic heterocycles. The second-order valence-electron chi connectivity index (χ2n) is 11.4. The van der Waals surface area contributed by atoms with Gasteiger partial charge >= 0.3 is 0 Å². The van der Waals surface area contributed by atoms with Crippen molar-refractivity contribution in [1.82, 2.24) is 0 Å². The molecular weight excluding hydrogens is 376 g/mol. The number of allylic oxidation sites excluding steroid dienone is 1. The van der Waals surface area contributed by atoms with Crippen LogP contribution in [0.4, 0.5) is 0 Å². The lowest BCUT2D eigenvalue weighted by molar-refractivity contribution is -0.138. The van der Waals surface area contributed by atoms with Crippen LogP contribution >= 0.6 is 0 Å². The van der Waals surface area contributed by atoms with Gasteiger partial charge in [0.15, 0.2) is 14.1 Å². The van der Waals surface area contributed by atoms with Crippen LogP contribution in [-0.4, -0.2) is 26.0 Å². The second-order valence-corrected chi connectivity index (χ2v) is 15.8. The van der Waals surface area contributed by atoms with E-state index in [1.54, 1.807) is 0 Å². The van der Waals surface area contributed by atoms with Crippen molar-refractivity contribution in [2.45, 2.75) is 84.0 Å². The van der Waals surface area contributed by atoms with Gasteiger partial charge in [0, 0.05) is 11.8 Å². The van der Waals surface area contributed by atoms with Gasteiger partial charge < -0.3 is 9.22 Å².